The lowest BCUT2D eigenvalue weighted by atomic mass is 9.83. The maximum Gasteiger partial charge on any atom is 0.408 e. The Kier molecular flexibility index (Phi) is 17.8. The zero-order valence-electron chi connectivity index (χ0n) is 46.3. The molecular weight excluding hydrogens is 1030 g/mol. The number of amides is 5. The van der Waals surface area contributed by atoms with Crippen LogP contribution in [-0.4, -0.2) is 148 Å². The number of aromatic amines is 1. The van der Waals surface area contributed by atoms with Crippen LogP contribution in [0.4, 0.5) is 15.0 Å². The van der Waals surface area contributed by atoms with E-state index in [4.69, 9.17) is 21.1 Å². The lowest BCUT2D eigenvalue weighted by Crippen LogP contribution is -2.64. The van der Waals surface area contributed by atoms with Crippen molar-refractivity contribution in [3.8, 4) is 0 Å². The third-order valence-electron chi connectivity index (χ3n) is 17.4. The van der Waals surface area contributed by atoms with Crippen LogP contribution in [0.2, 0.25) is 5.02 Å². The van der Waals surface area contributed by atoms with Gasteiger partial charge in [-0.2, -0.15) is 0 Å². The number of aromatic nitrogens is 3. The summed E-state index contributed by atoms with van der Waals surface area (Å²) in [7, 11) is 0. The maximum absolute atomic E-state index is 15.5. The van der Waals surface area contributed by atoms with E-state index in [1.54, 1.807) is 32.9 Å². The Labute approximate surface area is 468 Å². The second-order valence-electron chi connectivity index (χ2n) is 24.2. The molecule has 6 fully saturated rings. The van der Waals surface area contributed by atoms with Gasteiger partial charge in [0, 0.05) is 82.0 Å². The number of hydrogen-bond acceptors (Lipinski definition) is 11. The van der Waals surface area contributed by atoms with Crippen LogP contribution >= 0.6 is 11.6 Å². The number of fused-ring (bicyclic) bond motifs is 1. The molecule has 0 bridgehead atoms. The Bertz CT molecular complexity index is 2770. The number of carbonyl (C=O) groups is 5. The SMILES string of the molecule is CC(C)(C)OC(=O)NC1(C(=O)N[C@@H](CCN2CCC(OC3CCN(C(=O)[C@H](NC(=O)c4cc(C5CCCN(C(=O)C6CC6)C5)ccc4F)C4CCCCC4)CC3)CC2)c2ccc(Cl)cc2)CCN(c2ncnc3[nH]ccc23)CC1. The van der Waals surface area contributed by atoms with Crippen molar-refractivity contribution in [3.05, 3.63) is 88.6 Å². The fourth-order valence-corrected chi connectivity index (χ4v) is 12.9. The Morgan fingerprint density at radius 3 is 2.20 bits per heavy atom. The monoisotopic (exact) mass is 1110 g/mol. The molecule has 4 aliphatic heterocycles. The van der Waals surface area contributed by atoms with Gasteiger partial charge in [0.25, 0.3) is 5.91 Å². The first-order chi connectivity index (χ1) is 38.1. The van der Waals surface area contributed by atoms with Crippen LogP contribution < -0.4 is 20.9 Å². The Hall–Kier alpha value is -5.85. The molecule has 1 unspecified atom stereocenters. The van der Waals surface area contributed by atoms with Gasteiger partial charge in [0.2, 0.25) is 17.7 Å². The largest absolute Gasteiger partial charge is 0.444 e. The van der Waals surface area contributed by atoms with E-state index in [2.05, 4.69) is 40.7 Å². The molecule has 2 aromatic heterocycles. The molecule has 17 nitrogen and oxygen atoms in total. The van der Waals surface area contributed by atoms with Crippen molar-refractivity contribution < 1.29 is 37.8 Å². The lowest BCUT2D eigenvalue weighted by molar-refractivity contribution is -0.139. The van der Waals surface area contributed by atoms with Crippen LogP contribution in [0.15, 0.2) is 61.1 Å². The quantitative estimate of drug-likeness (QED) is 0.0838. The van der Waals surface area contributed by atoms with Crippen molar-refractivity contribution >= 4 is 58.2 Å². The Morgan fingerprint density at radius 2 is 1.51 bits per heavy atom. The van der Waals surface area contributed by atoms with Crippen LogP contribution in [0, 0.1) is 17.7 Å². The number of alkyl carbamates (subject to hydrolysis) is 1. The molecule has 6 heterocycles. The molecule has 0 spiro atoms. The van der Waals surface area contributed by atoms with E-state index in [1.165, 1.54) is 12.4 Å². The average Bonchev–Trinajstić information content (AvgIpc) is 4.22. The zero-order valence-corrected chi connectivity index (χ0v) is 47.0. The van der Waals surface area contributed by atoms with Gasteiger partial charge < -0.3 is 50.0 Å². The molecule has 2 aromatic carbocycles. The van der Waals surface area contributed by atoms with Crippen LogP contribution in [0.5, 0.6) is 0 Å². The molecule has 2 saturated carbocycles. The lowest BCUT2D eigenvalue weighted by Gasteiger charge is -2.42. The standard InChI is InChI=1S/C60H80ClFN10O7/c1-59(2,3)79-58(77)68-60(25-34-70(35-26-60)53-47-19-27-63-52(47)64-38-65-53)57(76)66-50(39-13-16-44(61)17-14-39)24-31-69-29-20-45(21-30-69)78-46-22-32-71(33-23-46)56(75)51(40-8-5-4-6-9-40)67-54(73)48-36-42(15-18-49(48)62)43-10-7-28-72(37-43)55(74)41-11-12-41/h13-19,27,36,38,40-41,43,45-46,50-51H,4-12,20-26,28-35,37H2,1-3H3,(H,66,76)(H,67,73)(H,68,77)(H,63,64,65)/t43?,50-,51+/m0/s1. The number of nitrogens with zero attached hydrogens (tertiary/aromatic N) is 6. The molecule has 4 saturated heterocycles. The van der Waals surface area contributed by atoms with Gasteiger partial charge in [0.05, 0.1) is 29.2 Å². The van der Waals surface area contributed by atoms with E-state index in [9.17, 15) is 24.0 Å². The molecule has 5 amide bonds. The topological polar surface area (TPSA) is 194 Å². The third-order valence-corrected chi connectivity index (χ3v) is 17.7. The number of hydrogen-bond donors (Lipinski definition) is 4. The number of rotatable bonds is 16. The number of anilines is 1. The van der Waals surface area contributed by atoms with Gasteiger partial charge >= 0.3 is 6.09 Å². The highest BCUT2D eigenvalue weighted by Gasteiger charge is 2.45. The number of carbonyl (C=O) groups excluding carboxylic acids is 5. The van der Waals surface area contributed by atoms with Crippen molar-refractivity contribution in [2.24, 2.45) is 11.8 Å². The van der Waals surface area contributed by atoms with Crippen molar-refractivity contribution in [1.29, 1.82) is 0 Å². The van der Waals surface area contributed by atoms with Gasteiger partial charge in [-0.3, -0.25) is 19.2 Å². The van der Waals surface area contributed by atoms with Crippen LogP contribution in [0.1, 0.15) is 157 Å². The van der Waals surface area contributed by atoms with Crippen LogP contribution in [0.3, 0.4) is 0 Å². The number of nitrogens with one attached hydrogen (secondary N) is 4. The Morgan fingerprint density at radius 1 is 0.797 bits per heavy atom. The molecule has 3 atom stereocenters. The maximum atomic E-state index is 15.5. The molecule has 6 aliphatic rings. The van der Waals surface area contributed by atoms with E-state index in [0.29, 0.717) is 69.9 Å². The summed E-state index contributed by atoms with van der Waals surface area (Å²) in [5.41, 5.74) is 0.444. The minimum atomic E-state index is -1.24. The summed E-state index contributed by atoms with van der Waals surface area (Å²) >= 11 is 6.36. The van der Waals surface area contributed by atoms with E-state index in [-0.39, 0.29) is 59.3 Å². The number of benzene rings is 2. The van der Waals surface area contributed by atoms with Crippen molar-refractivity contribution in [2.45, 2.75) is 165 Å². The minimum absolute atomic E-state index is 0.00373. The van der Waals surface area contributed by atoms with E-state index in [0.717, 1.165) is 125 Å². The molecule has 10 rings (SSSR count). The first-order valence-corrected chi connectivity index (χ1v) is 29.6. The highest BCUT2D eigenvalue weighted by atomic mass is 35.5. The Balaban J connectivity index is 0.721. The summed E-state index contributed by atoms with van der Waals surface area (Å²) in [5, 5.41) is 10.9. The van der Waals surface area contributed by atoms with Gasteiger partial charge in [-0.1, -0.05) is 49.1 Å². The van der Waals surface area contributed by atoms with Gasteiger partial charge in [-0.15, -0.1) is 0 Å². The van der Waals surface area contributed by atoms with E-state index in [1.807, 2.05) is 46.3 Å². The summed E-state index contributed by atoms with van der Waals surface area (Å²) in [6.45, 7) is 11.1. The average molecular weight is 1110 g/mol. The van der Waals surface area contributed by atoms with Crippen LogP contribution in [-0.2, 0) is 23.9 Å². The fraction of sp³-hybridized carbons (Fsp3) is 0.617. The first-order valence-electron chi connectivity index (χ1n) is 29.2. The summed E-state index contributed by atoms with van der Waals surface area (Å²) < 4.78 is 28.0. The second kappa shape index (κ2) is 24.9. The van der Waals surface area contributed by atoms with Gasteiger partial charge in [-0.25, -0.2) is 19.2 Å². The van der Waals surface area contributed by atoms with Crippen molar-refractivity contribution in [2.75, 3.05) is 63.8 Å². The molecule has 79 heavy (non-hydrogen) atoms. The molecule has 2 aliphatic carbocycles. The minimum Gasteiger partial charge on any atom is -0.444 e. The molecule has 4 aromatic rings. The highest BCUT2D eigenvalue weighted by molar-refractivity contribution is 6.30. The van der Waals surface area contributed by atoms with Crippen molar-refractivity contribution in [1.82, 2.24) is 45.6 Å². The molecule has 426 valence electrons. The summed E-state index contributed by atoms with van der Waals surface area (Å²) in [4.78, 5) is 90.1. The summed E-state index contributed by atoms with van der Waals surface area (Å²) in [5.74, 6) is -0.430. The van der Waals surface area contributed by atoms with Gasteiger partial charge in [0.1, 0.15) is 40.8 Å². The first kappa shape index (κ1) is 56.4. The molecule has 0 radical (unpaired) electrons. The molecule has 19 heteroatoms. The van der Waals surface area contributed by atoms with E-state index < -0.39 is 35.0 Å². The summed E-state index contributed by atoms with van der Waals surface area (Å²) in [6.07, 6.45) is 15.5. The van der Waals surface area contributed by atoms with Gasteiger partial charge in [0.15, 0.2) is 0 Å². The predicted octanol–water partition coefficient (Wildman–Crippen LogP) is 8.83. The highest BCUT2D eigenvalue weighted by Crippen LogP contribution is 2.37. The third kappa shape index (κ3) is 14.0. The van der Waals surface area contributed by atoms with Gasteiger partial charge in [-0.05, 0) is 152 Å². The number of piperidine rings is 4. The van der Waals surface area contributed by atoms with Crippen molar-refractivity contribution in [3.63, 3.8) is 0 Å². The van der Waals surface area contributed by atoms with E-state index >= 15 is 4.39 Å². The zero-order chi connectivity index (χ0) is 55.3. The summed E-state index contributed by atoms with van der Waals surface area (Å²) in [6, 6.07) is 13.1. The smallest absolute Gasteiger partial charge is 0.408 e. The normalized spacial score (nSPS) is 21.8. The fourth-order valence-electron chi connectivity index (χ4n) is 12.8. The predicted molar refractivity (Wildman–Crippen MR) is 300 cm³/mol. The number of H-pyrrole nitrogens is 1. The number of halogens is 2. The number of likely N-dealkylation sites (tertiary alicyclic amines) is 3. The second-order valence-corrected chi connectivity index (χ2v) is 24.6. The van der Waals surface area contributed by atoms with Crippen LogP contribution in [0.25, 0.3) is 11.0 Å². The number of ether oxygens (including phenoxy) is 2. The molecule has 4 N–H and O–H groups in total. The molecular formula is C60H80ClFN10O7.